The fraction of sp³-hybridized carbons (Fsp3) is 0.208. The SMILES string of the molecule is CCCn1c(N)c(C(=O)CSc2nc3ccccc3c(=O)n2-c2ccccc2F)c(=O)n(C)c1=O. The van der Waals surface area contributed by atoms with Gasteiger partial charge >= 0.3 is 5.69 Å². The van der Waals surface area contributed by atoms with Crippen LogP contribution in [0.15, 0.2) is 68.1 Å². The predicted octanol–water partition coefficient (Wildman–Crippen LogP) is 2.35. The number of rotatable bonds is 7. The van der Waals surface area contributed by atoms with Crippen LogP contribution in [0.4, 0.5) is 10.2 Å². The number of fused-ring (bicyclic) bond motifs is 1. The lowest BCUT2D eigenvalue weighted by molar-refractivity contribution is 0.102. The molecule has 2 aromatic heterocycles. The molecule has 0 spiro atoms. The number of carbonyl (C=O) groups is 1. The zero-order valence-corrected chi connectivity index (χ0v) is 19.8. The Balaban J connectivity index is 1.81. The number of para-hydroxylation sites is 2. The van der Waals surface area contributed by atoms with Gasteiger partial charge in [-0.2, -0.15) is 0 Å². The number of Topliss-reactive ketones (excluding diaryl/α,β-unsaturated/α-hetero) is 1. The molecule has 0 atom stereocenters. The minimum absolute atomic E-state index is 0.0161. The second kappa shape index (κ2) is 9.71. The third-order valence-corrected chi connectivity index (χ3v) is 6.42. The van der Waals surface area contributed by atoms with Gasteiger partial charge in [-0.1, -0.05) is 43.0 Å². The van der Waals surface area contributed by atoms with Gasteiger partial charge in [0.05, 0.1) is 22.3 Å². The molecule has 0 radical (unpaired) electrons. The van der Waals surface area contributed by atoms with E-state index in [4.69, 9.17) is 5.73 Å². The average molecular weight is 496 g/mol. The second-order valence-electron chi connectivity index (χ2n) is 7.77. The first-order chi connectivity index (χ1) is 16.8. The fourth-order valence-corrected chi connectivity index (χ4v) is 4.62. The van der Waals surface area contributed by atoms with Gasteiger partial charge in [0.1, 0.15) is 17.2 Å². The Bertz CT molecular complexity index is 1640. The van der Waals surface area contributed by atoms with Crippen molar-refractivity contribution >= 4 is 34.3 Å². The van der Waals surface area contributed by atoms with Crippen molar-refractivity contribution in [3.05, 3.63) is 91.1 Å². The average Bonchev–Trinajstić information content (AvgIpc) is 2.85. The maximum atomic E-state index is 14.6. The van der Waals surface area contributed by atoms with Crippen LogP contribution in [0.1, 0.15) is 23.7 Å². The summed E-state index contributed by atoms with van der Waals surface area (Å²) in [4.78, 5) is 56.0. The summed E-state index contributed by atoms with van der Waals surface area (Å²) in [5, 5.41) is 0.362. The van der Waals surface area contributed by atoms with Gasteiger partial charge in [-0.3, -0.25) is 28.1 Å². The van der Waals surface area contributed by atoms with E-state index < -0.39 is 28.4 Å². The molecule has 2 aromatic carbocycles. The molecule has 4 aromatic rings. The van der Waals surface area contributed by atoms with E-state index in [1.807, 2.05) is 6.92 Å². The molecule has 4 rings (SSSR count). The summed E-state index contributed by atoms with van der Waals surface area (Å²) in [6.07, 6.45) is 0.570. The number of thioether (sulfide) groups is 1. The van der Waals surface area contributed by atoms with Gasteiger partial charge in [0.25, 0.3) is 11.1 Å². The van der Waals surface area contributed by atoms with Crippen LogP contribution in [0.5, 0.6) is 0 Å². The zero-order valence-electron chi connectivity index (χ0n) is 19.0. The normalized spacial score (nSPS) is 11.2. The van der Waals surface area contributed by atoms with Gasteiger partial charge in [0.15, 0.2) is 10.9 Å². The van der Waals surface area contributed by atoms with Gasteiger partial charge in [0.2, 0.25) is 0 Å². The Morgan fingerprint density at radius 3 is 2.46 bits per heavy atom. The molecule has 2 heterocycles. The molecular weight excluding hydrogens is 473 g/mol. The smallest absolute Gasteiger partial charge is 0.332 e. The minimum Gasteiger partial charge on any atom is -0.384 e. The number of hydrogen-bond acceptors (Lipinski definition) is 7. The number of ketones is 1. The van der Waals surface area contributed by atoms with Crippen LogP contribution in [-0.4, -0.2) is 30.2 Å². The molecule has 0 bridgehead atoms. The minimum atomic E-state index is -0.802. The van der Waals surface area contributed by atoms with Gasteiger partial charge < -0.3 is 5.73 Å². The molecule has 0 aliphatic carbocycles. The predicted molar refractivity (Wildman–Crippen MR) is 133 cm³/mol. The van der Waals surface area contributed by atoms with Crippen molar-refractivity contribution in [2.24, 2.45) is 7.05 Å². The van der Waals surface area contributed by atoms with Crippen LogP contribution in [0.25, 0.3) is 16.6 Å². The van der Waals surface area contributed by atoms with Crippen molar-refractivity contribution in [2.45, 2.75) is 25.0 Å². The third kappa shape index (κ3) is 4.30. The van der Waals surface area contributed by atoms with E-state index in [2.05, 4.69) is 4.98 Å². The van der Waals surface area contributed by atoms with Crippen molar-refractivity contribution in [3.63, 3.8) is 0 Å². The third-order valence-electron chi connectivity index (χ3n) is 5.48. The summed E-state index contributed by atoms with van der Waals surface area (Å²) in [5.41, 5.74) is 4.19. The van der Waals surface area contributed by atoms with E-state index in [0.29, 0.717) is 11.9 Å². The monoisotopic (exact) mass is 495 g/mol. The first-order valence-electron chi connectivity index (χ1n) is 10.8. The molecule has 0 aliphatic heterocycles. The highest BCUT2D eigenvalue weighted by Gasteiger charge is 2.23. The molecule has 0 saturated heterocycles. The molecule has 0 unspecified atom stereocenters. The van der Waals surface area contributed by atoms with Crippen molar-refractivity contribution in [3.8, 4) is 5.69 Å². The Morgan fingerprint density at radius 2 is 1.74 bits per heavy atom. The van der Waals surface area contributed by atoms with E-state index in [0.717, 1.165) is 20.9 Å². The number of hydrogen-bond donors (Lipinski definition) is 1. The van der Waals surface area contributed by atoms with Crippen LogP contribution in [0.2, 0.25) is 0 Å². The summed E-state index contributed by atoms with van der Waals surface area (Å²) < 4.78 is 17.8. The lowest BCUT2D eigenvalue weighted by Crippen LogP contribution is -2.42. The fourth-order valence-electron chi connectivity index (χ4n) is 3.74. The number of nitrogens with two attached hydrogens (primary N) is 1. The summed E-state index contributed by atoms with van der Waals surface area (Å²) in [7, 11) is 1.28. The Morgan fingerprint density at radius 1 is 1.06 bits per heavy atom. The van der Waals surface area contributed by atoms with E-state index >= 15 is 0 Å². The van der Waals surface area contributed by atoms with Crippen molar-refractivity contribution in [1.29, 1.82) is 0 Å². The highest BCUT2D eigenvalue weighted by atomic mass is 32.2. The van der Waals surface area contributed by atoms with E-state index in [1.165, 1.54) is 29.8 Å². The first-order valence-corrected chi connectivity index (χ1v) is 11.8. The summed E-state index contributed by atoms with van der Waals surface area (Å²) >= 11 is 0.874. The molecule has 180 valence electrons. The van der Waals surface area contributed by atoms with Crippen LogP contribution < -0.4 is 22.5 Å². The number of aromatic nitrogens is 4. The van der Waals surface area contributed by atoms with Gasteiger partial charge in [-0.05, 0) is 30.7 Å². The zero-order chi connectivity index (χ0) is 25.3. The Hall–Kier alpha value is -3.99. The number of halogens is 1. The first kappa shape index (κ1) is 24.1. The van der Waals surface area contributed by atoms with E-state index in [-0.39, 0.29) is 39.9 Å². The molecule has 9 nitrogen and oxygen atoms in total. The maximum absolute atomic E-state index is 14.6. The number of nitrogen functional groups attached to an aromatic ring is 1. The molecule has 11 heteroatoms. The topological polar surface area (TPSA) is 122 Å². The number of benzene rings is 2. The Labute approximate surface area is 202 Å². The lowest BCUT2D eigenvalue weighted by atomic mass is 10.2. The molecule has 0 aliphatic rings. The number of carbonyl (C=O) groups excluding carboxylic acids is 1. The maximum Gasteiger partial charge on any atom is 0.332 e. The van der Waals surface area contributed by atoms with Crippen molar-refractivity contribution in [1.82, 2.24) is 18.7 Å². The van der Waals surface area contributed by atoms with Gasteiger partial charge in [0, 0.05) is 13.6 Å². The van der Waals surface area contributed by atoms with Crippen molar-refractivity contribution < 1.29 is 9.18 Å². The molecule has 0 amide bonds. The summed E-state index contributed by atoms with van der Waals surface area (Å²) in [5.74, 6) is -1.79. The van der Waals surface area contributed by atoms with Crippen molar-refractivity contribution in [2.75, 3.05) is 11.5 Å². The molecule has 2 N–H and O–H groups in total. The van der Waals surface area contributed by atoms with Gasteiger partial charge in [-0.15, -0.1) is 0 Å². The van der Waals surface area contributed by atoms with Crippen LogP contribution >= 0.6 is 11.8 Å². The second-order valence-corrected chi connectivity index (χ2v) is 8.72. The van der Waals surface area contributed by atoms with Crippen LogP contribution in [-0.2, 0) is 13.6 Å². The molecule has 35 heavy (non-hydrogen) atoms. The molecule has 0 fully saturated rings. The number of anilines is 1. The summed E-state index contributed by atoms with van der Waals surface area (Å²) in [6, 6.07) is 12.4. The van der Waals surface area contributed by atoms with Gasteiger partial charge in [-0.25, -0.2) is 14.2 Å². The quantitative estimate of drug-likeness (QED) is 0.237. The summed E-state index contributed by atoms with van der Waals surface area (Å²) in [6.45, 7) is 2.08. The Kier molecular flexibility index (Phi) is 6.70. The largest absolute Gasteiger partial charge is 0.384 e. The number of nitrogens with zero attached hydrogens (tertiary/aromatic N) is 4. The van der Waals surface area contributed by atoms with Crippen LogP contribution in [0, 0.1) is 5.82 Å². The highest BCUT2D eigenvalue weighted by Crippen LogP contribution is 2.24. The van der Waals surface area contributed by atoms with Crippen LogP contribution in [0.3, 0.4) is 0 Å². The lowest BCUT2D eigenvalue weighted by Gasteiger charge is -2.15. The van der Waals surface area contributed by atoms with E-state index in [1.54, 1.807) is 30.3 Å². The van der Waals surface area contributed by atoms with E-state index in [9.17, 15) is 23.6 Å². The highest BCUT2D eigenvalue weighted by molar-refractivity contribution is 7.99. The molecule has 0 saturated carbocycles. The molecular formula is C24H22FN5O4S. The standard InChI is InChI=1S/C24H22FN5O4S/c1-3-12-29-20(26)19(22(33)28(2)24(29)34)18(31)13-35-23-27-16-10-6-4-8-14(16)21(32)30(23)17-11-7-5-9-15(17)25/h4-11H,3,12-13,26H2,1-2H3.